The van der Waals surface area contributed by atoms with Gasteiger partial charge in [-0.05, 0) is 30.3 Å². The molecule has 4 nitrogen and oxygen atoms in total. The normalized spacial score (nSPS) is 11.6. The van der Waals surface area contributed by atoms with Crippen molar-refractivity contribution in [3.05, 3.63) is 91.6 Å². The Morgan fingerprint density at radius 3 is 2.54 bits per heavy atom. The van der Waals surface area contributed by atoms with Gasteiger partial charge in [-0.25, -0.2) is 4.98 Å². The van der Waals surface area contributed by atoms with Crippen LogP contribution in [-0.2, 0) is 0 Å². The van der Waals surface area contributed by atoms with Crippen LogP contribution in [0.3, 0.4) is 0 Å². The van der Waals surface area contributed by atoms with Crippen molar-refractivity contribution in [3.8, 4) is 16.9 Å². The predicted octanol–water partition coefficient (Wildman–Crippen LogP) is 5.99. The molecule has 0 aliphatic rings. The largest absolute Gasteiger partial charge is 0.462 e. The zero-order chi connectivity index (χ0) is 18.5. The maximum Gasteiger partial charge on any atom is 0.158 e. The average molecular weight is 361 g/mol. The summed E-state index contributed by atoms with van der Waals surface area (Å²) >= 11 is 0. The third-order valence-electron chi connectivity index (χ3n) is 5.23. The Kier molecular flexibility index (Phi) is 3.14. The summed E-state index contributed by atoms with van der Waals surface area (Å²) in [6.45, 7) is 0. The molecule has 0 fully saturated rings. The zero-order valence-corrected chi connectivity index (χ0v) is 14.9. The van der Waals surface area contributed by atoms with Crippen molar-refractivity contribution in [1.82, 2.24) is 14.5 Å². The Morgan fingerprint density at radius 1 is 0.750 bits per heavy atom. The first-order valence-corrected chi connectivity index (χ1v) is 9.16. The number of furan rings is 1. The highest BCUT2D eigenvalue weighted by Crippen LogP contribution is 2.36. The minimum Gasteiger partial charge on any atom is -0.462 e. The van der Waals surface area contributed by atoms with E-state index in [2.05, 4.69) is 58.1 Å². The van der Waals surface area contributed by atoms with Crippen LogP contribution in [-0.4, -0.2) is 14.5 Å². The molecule has 28 heavy (non-hydrogen) atoms. The summed E-state index contributed by atoms with van der Waals surface area (Å²) in [6.07, 6.45) is 7.27. The van der Waals surface area contributed by atoms with Gasteiger partial charge in [0.1, 0.15) is 5.82 Å². The van der Waals surface area contributed by atoms with E-state index in [0.29, 0.717) is 0 Å². The third-order valence-corrected chi connectivity index (χ3v) is 5.23. The highest BCUT2D eigenvalue weighted by molar-refractivity contribution is 6.16. The quantitative estimate of drug-likeness (QED) is 0.381. The molecule has 6 aromatic rings. The summed E-state index contributed by atoms with van der Waals surface area (Å²) in [4.78, 5) is 8.98. The van der Waals surface area contributed by atoms with Gasteiger partial charge in [-0.2, -0.15) is 0 Å². The van der Waals surface area contributed by atoms with Crippen molar-refractivity contribution in [1.29, 1.82) is 0 Å². The molecule has 0 amide bonds. The first-order valence-electron chi connectivity index (χ1n) is 9.16. The summed E-state index contributed by atoms with van der Waals surface area (Å²) in [5, 5.41) is 3.44. The first-order chi connectivity index (χ1) is 13.9. The fraction of sp³-hybridized carbons (Fsp3) is 0. The molecule has 0 unspecified atom stereocenters. The summed E-state index contributed by atoms with van der Waals surface area (Å²) in [5.74, 6) is 0.864. The molecule has 6 rings (SSSR count). The van der Waals surface area contributed by atoms with Gasteiger partial charge in [0.15, 0.2) is 5.58 Å². The van der Waals surface area contributed by atoms with Crippen LogP contribution < -0.4 is 0 Å². The number of hydrogen-bond acceptors (Lipinski definition) is 3. The number of para-hydroxylation sites is 1. The molecule has 0 saturated heterocycles. The number of benzene rings is 2. The fourth-order valence-corrected chi connectivity index (χ4v) is 3.93. The van der Waals surface area contributed by atoms with Crippen molar-refractivity contribution >= 4 is 32.8 Å². The summed E-state index contributed by atoms with van der Waals surface area (Å²) in [5.41, 5.74) is 5.14. The second-order valence-electron chi connectivity index (χ2n) is 6.80. The van der Waals surface area contributed by atoms with E-state index < -0.39 is 0 Å². The smallest absolute Gasteiger partial charge is 0.158 e. The Bertz CT molecular complexity index is 1440. The lowest BCUT2D eigenvalue weighted by molar-refractivity contribution is 0.618. The number of aromatic nitrogens is 3. The minimum atomic E-state index is 0.864. The molecule has 132 valence electrons. The highest BCUT2D eigenvalue weighted by Gasteiger charge is 2.17. The van der Waals surface area contributed by atoms with Gasteiger partial charge in [0.2, 0.25) is 0 Å². The van der Waals surface area contributed by atoms with E-state index in [1.165, 1.54) is 5.39 Å². The van der Waals surface area contributed by atoms with Gasteiger partial charge in [0.25, 0.3) is 0 Å². The molecule has 2 aromatic carbocycles. The SMILES string of the molecule is c1cncc(-c2ccc(-n3c4ccccc4c4ccc5ccoc5c43)nc2)c1. The summed E-state index contributed by atoms with van der Waals surface area (Å²) < 4.78 is 8.04. The van der Waals surface area contributed by atoms with Crippen LogP contribution in [0.25, 0.3) is 49.7 Å². The minimum absolute atomic E-state index is 0.864. The van der Waals surface area contributed by atoms with Crippen molar-refractivity contribution in [3.63, 3.8) is 0 Å². The summed E-state index contributed by atoms with van der Waals surface area (Å²) in [7, 11) is 0. The molecule has 4 heterocycles. The van der Waals surface area contributed by atoms with Gasteiger partial charge in [-0.1, -0.05) is 36.4 Å². The van der Waals surface area contributed by atoms with Crippen LogP contribution in [0.4, 0.5) is 0 Å². The van der Waals surface area contributed by atoms with Gasteiger partial charge >= 0.3 is 0 Å². The van der Waals surface area contributed by atoms with E-state index in [1.54, 1.807) is 12.5 Å². The Morgan fingerprint density at radius 2 is 1.68 bits per heavy atom. The lowest BCUT2D eigenvalue weighted by atomic mass is 10.1. The molecule has 4 heteroatoms. The molecular formula is C24H15N3O. The summed E-state index contributed by atoms with van der Waals surface area (Å²) in [6, 6.07) is 22.8. The molecule has 0 aliphatic carbocycles. The second-order valence-corrected chi connectivity index (χ2v) is 6.80. The fourth-order valence-electron chi connectivity index (χ4n) is 3.93. The lowest BCUT2D eigenvalue weighted by Gasteiger charge is -2.08. The van der Waals surface area contributed by atoms with Gasteiger partial charge < -0.3 is 4.42 Å². The molecule has 0 aliphatic heterocycles. The van der Waals surface area contributed by atoms with Crippen LogP contribution >= 0.6 is 0 Å². The average Bonchev–Trinajstić information content (AvgIpc) is 3.37. The third kappa shape index (κ3) is 2.12. The molecular weight excluding hydrogens is 346 g/mol. The van der Waals surface area contributed by atoms with Gasteiger partial charge in [-0.3, -0.25) is 9.55 Å². The van der Waals surface area contributed by atoms with Crippen LogP contribution in [0.1, 0.15) is 0 Å². The first kappa shape index (κ1) is 15.2. The van der Waals surface area contributed by atoms with Gasteiger partial charge in [0, 0.05) is 45.9 Å². The number of hydrogen-bond donors (Lipinski definition) is 0. The topological polar surface area (TPSA) is 43.9 Å². The number of pyridine rings is 2. The highest BCUT2D eigenvalue weighted by atomic mass is 16.3. The zero-order valence-electron chi connectivity index (χ0n) is 14.9. The molecule has 0 radical (unpaired) electrons. The van der Waals surface area contributed by atoms with Crippen LogP contribution in [0.5, 0.6) is 0 Å². The van der Waals surface area contributed by atoms with Crippen LogP contribution in [0.2, 0.25) is 0 Å². The van der Waals surface area contributed by atoms with E-state index in [9.17, 15) is 0 Å². The maximum absolute atomic E-state index is 5.86. The standard InChI is InChI=1S/C24H15N3O/c1-2-6-21-19(5-1)20-9-7-16-11-13-28-24(16)23(20)27(21)22-10-8-18(15-26-22)17-4-3-12-25-14-17/h1-15H. The lowest BCUT2D eigenvalue weighted by Crippen LogP contribution is -1.97. The van der Waals surface area contributed by atoms with E-state index >= 15 is 0 Å². The molecule has 0 N–H and O–H groups in total. The number of fused-ring (bicyclic) bond motifs is 5. The van der Waals surface area contributed by atoms with Crippen molar-refractivity contribution < 1.29 is 4.42 Å². The van der Waals surface area contributed by atoms with Gasteiger partial charge in [0.05, 0.1) is 17.3 Å². The van der Waals surface area contributed by atoms with E-state index in [4.69, 9.17) is 9.40 Å². The second kappa shape index (κ2) is 5.79. The van der Waals surface area contributed by atoms with Gasteiger partial charge in [-0.15, -0.1) is 0 Å². The maximum atomic E-state index is 5.86. The van der Waals surface area contributed by atoms with Crippen LogP contribution in [0, 0.1) is 0 Å². The van der Waals surface area contributed by atoms with E-state index in [-0.39, 0.29) is 0 Å². The number of nitrogens with zero attached hydrogens (tertiary/aromatic N) is 3. The Hall–Kier alpha value is -3.92. The molecule has 0 spiro atoms. The predicted molar refractivity (Wildman–Crippen MR) is 112 cm³/mol. The molecule has 0 atom stereocenters. The molecule has 4 aromatic heterocycles. The monoisotopic (exact) mass is 361 g/mol. The van der Waals surface area contributed by atoms with E-state index in [0.717, 1.165) is 44.3 Å². The molecule has 0 bridgehead atoms. The van der Waals surface area contributed by atoms with Crippen molar-refractivity contribution in [2.75, 3.05) is 0 Å². The number of rotatable bonds is 2. The Labute approximate surface area is 160 Å². The Balaban J connectivity index is 1.66. The van der Waals surface area contributed by atoms with Crippen molar-refractivity contribution in [2.24, 2.45) is 0 Å². The van der Waals surface area contributed by atoms with E-state index in [1.807, 2.05) is 30.6 Å². The van der Waals surface area contributed by atoms with Crippen LogP contribution in [0.15, 0.2) is 96.0 Å². The molecule has 0 saturated carbocycles. The van der Waals surface area contributed by atoms with Crippen molar-refractivity contribution in [2.45, 2.75) is 0 Å².